The molecule has 12 unspecified atom stereocenters. The summed E-state index contributed by atoms with van der Waals surface area (Å²) in [6.45, 7) is 2.63. The van der Waals surface area contributed by atoms with Crippen LogP contribution in [0.1, 0.15) is 232 Å². The van der Waals surface area contributed by atoms with E-state index in [0.29, 0.717) is 6.42 Å². The van der Waals surface area contributed by atoms with E-state index in [1.165, 1.54) is 109 Å². The first-order valence-corrected chi connectivity index (χ1v) is 33.1. The Labute approximate surface area is 508 Å². The number of hydrogen-bond acceptors (Lipinski definition) is 13. The SMILES string of the molecule is CC/C=C\C/C=C\C/C=C\C/C=C\C/C=C\C/C=C\C/C=C\C/C=C\CCCCCCCCCCCCCCCCCCC(=O)NC(COC1OC(CO)C(OC2OC(CO)C(O)C(O)C2O)C(O)C1O)C(O)/C=C/CCCCCCCCC. The molecule has 0 radical (unpaired) electrons. The Bertz CT molecular complexity index is 1820. The molecule has 1 amide bonds. The highest BCUT2D eigenvalue weighted by Crippen LogP contribution is 2.30. The van der Waals surface area contributed by atoms with Gasteiger partial charge in [-0.15, -0.1) is 0 Å². The summed E-state index contributed by atoms with van der Waals surface area (Å²) in [6, 6.07) is -0.917. The standard InChI is InChI=1S/C70H119NO13/c1-3-5-7-9-11-13-14-15-16-17-18-19-20-21-22-23-24-25-26-27-28-29-30-31-32-33-34-35-36-37-38-39-40-41-42-43-44-46-48-50-52-54-62(75)71-58(59(74)53-51-49-47-45-12-10-8-6-4-2)57-81-69-67(80)65(78)68(61(56-73)83-69)84-70-66(79)64(77)63(76)60(55-72)82-70/h5,7,11,13,15-16,18-19,21-22,24-25,27-28,30-31,51,53,58-61,63-70,72-74,76-80H,3-4,6,8-10,12,14,17,20,23,26,29,32-50,52,54-57H2,1-2H3,(H,71,75)/b7-5-,13-11-,16-15-,19-18-,22-21-,25-24-,28-27-,31-30-,53-51+. The summed E-state index contributed by atoms with van der Waals surface area (Å²) in [6.07, 6.45) is 60.4. The molecule has 0 aromatic rings. The van der Waals surface area contributed by atoms with Gasteiger partial charge in [0.25, 0.3) is 0 Å². The van der Waals surface area contributed by atoms with Gasteiger partial charge in [0.1, 0.15) is 48.8 Å². The van der Waals surface area contributed by atoms with Crippen LogP contribution in [0.5, 0.6) is 0 Å². The molecular weight excluding hydrogens is 1060 g/mol. The maximum Gasteiger partial charge on any atom is 0.220 e. The molecule has 0 aromatic heterocycles. The predicted octanol–water partition coefficient (Wildman–Crippen LogP) is 12.8. The lowest BCUT2D eigenvalue weighted by Crippen LogP contribution is -2.65. The first kappa shape index (κ1) is 76.7. The minimum atomic E-state index is -1.79. The quantitative estimate of drug-likeness (QED) is 0.0204. The molecule has 2 aliphatic heterocycles. The Kier molecular flexibility index (Phi) is 49.2. The highest BCUT2D eigenvalue weighted by Gasteiger charge is 2.51. The number of aliphatic hydroxyl groups excluding tert-OH is 8. The summed E-state index contributed by atoms with van der Waals surface area (Å²) in [5.41, 5.74) is 0. The minimum absolute atomic E-state index is 0.245. The average Bonchev–Trinajstić information content (AvgIpc) is 2.28. The van der Waals surface area contributed by atoms with Gasteiger partial charge < -0.3 is 65.1 Å². The highest BCUT2D eigenvalue weighted by atomic mass is 16.7. The predicted molar refractivity (Wildman–Crippen MR) is 341 cm³/mol. The average molecular weight is 1180 g/mol. The number of unbranched alkanes of at least 4 members (excludes halogenated alkanes) is 23. The van der Waals surface area contributed by atoms with Gasteiger partial charge in [0.2, 0.25) is 5.91 Å². The first-order valence-electron chi connectivity index (χ1n) is 33.1. The van der Waals surface area contributed by atoms with E-state index in [1.54, 1.807) is 6.08 Å². The maximum absolute atomic E-state index is 13.2. The number of carbonyl (C=O) groups is 1. The van der Waals surface area contributed by atoms with Crippen molar-refractivity contribution in [2.75, 3.05) is 19.8 Å². The summed E-state index contributed by atoms with van der Waals surface area (Å²) in [4.78, 5) is 13.2. The van der Waals surface area contributed by atoms with Crippen molar-refractivity contribution in [2.24, 2.45) is 0 Å². The van der Waals surface area contributed by atoms with Crippen molar-refractivity contribution in [1.29, 1.82) is 0 Å². The number of rotatable bonds is 52. The molecule has 0 saturated carbocycles. The van der Waals surface area contributed by atoms with Crippen molar-refractivity contribution < 1.29 is 64.6 Å². The second-order valence-electron chi connectivity index (χ2n) is 22.9. The molecule has 482 valence electrons. The van der Waals surface area contributed by atoms with Crippen LogP contribution in [0, 0.1) is 0 Å². The first-order chi connectivity index (χ1) is 41.1. The van der Waals surface area contributed by atoms with E-state index in [2.05, 4.69) is 116 Å². The Balaban J connectivity index is 1.54. The number of ether oxygens (including phenoxy) is 4. The van der Waals surface area contributed by atoms with E-state index < -0.39 is 86.8 Å². The zero-order valence-electron chi connectivity index (χ0n) is 52.1. The second-order valence-corrected chi connectivity index (χ2v) is 22.9. The van der Waals surface area contributed by atoms with E-state index in [1.807, 2.05) is 6.08 Å². The van der Waals surface area contributed by atoms with Gasteiger partial charge in [0.15, 0.2) is 12.6 Å². The zero-order chi connectivity index (χ0) is 60.9. The summed E-state index contributed by atoms with van der Waals surface area (Å²) in [5.74, 6) is -0.245. The largest absolute Gasteiger partial charge is 0.394 e. The Morgan fingerprint density at radius 2 is 0.821 bits per heavy atom. The number of aliphatic hydroxyl groups is 8. The van der Waals surface area contributed by atoms with Gasteiger partial charge in [-0.3, -0.25) is 4.79 Å². The topological polar surface area (TPSA) is 228 Å². The summed E-state index contributed by atoms with van der Waals surface area (Å²) >= 11 is 0. The van der Waals surface area contributed by atoms with Gasteiger partial charge >= 0.3 is 0 Å². The lowest BCUT2D eigenvalue weighted by atomic mass is 9.97. The van der Waals surface area contributed by atoms with Crippen molar-refractivity contribution >= 4 is 5.91 Å². The summed E-state index contributed by atoms with van der Waals surface area (Å²) in [5, 5.41) is 86.9. The Morgan fingerprint density at radius 3 is 1.26 bits per heavy atom. The maximum atomic E-state index is 13.2. The molecule has 2 rings (SSSR count). The fraction of sp³-hybridized carbons (Fsp3) is 0.729. The van der Waals surface area contributed by atoms with Crippen LogP contribution in [0.3, 0.4) is 0 Å². The van der Waals surface area contributed by atoms with Crippen LogP contribution in [0.25, 0.3) is 0 Å². The van der Waals surface area contributed by atoms with Crippen molar-refractivity contribution in [3.8, 4) is 0 Å². The molecule has 0 aliphatic carbocycles. The van der Waals surface area contributed by atoms with Gasteiger partial charge in [-0.05, 0) is 83.5 Å². The molecule has 2 heterocycles. The van der Waals surface area contributed by atoms with E-state index in [9.17, 15) is 45.6 Å². The van der Waals surface area contributed by atoms with Crippen LogP contribution >= 0.6 is 0 Å². The number of hydrogen-bond donors (Lipinski definition) is 9. The molecule has 0 aromatic carbocycles. The van der Waals surface area contributed by atoms with Gasteiger partial charge in [0, 0.05) is 6.42 Å². The van der Waals surface area contributed by atoms with E-state index in [4.69, 9.17) is 18.9 Å². The normalized spacial score (nSPS) is 24.4. The lowest BCUT2D eigenvalue weighted by Gasteiger charge is -2.46. The third-order valence-corrected chi connectivity index (χ3v) is 15.5. The molecule has 2 aliphatic rings. The van der Waals surface area contributed by atoms with Crippen LogP contribution in [0.4, 0.5) is 0 Å². The van der Waals surface area contributed by atoms with Crippen LogP contribution in [-0.4, -0.2) is 140 Å². The molecule has 14 nitrogen and oxygen atoms in total. The number of carbonyl (C=O) groups excluding carboxylic acids is 1. The number of nitrogens with one attached hydrogen (secondary N) is 1. The number of amides is 1. The Hall–Kier alpha value is -3.35. The van der Waals surface area contributed by atoms with Gasteiger partial charge in [0.05, 0.1) is 32.0 Å². The minimum Gasteiger partial charge on any atom is -0.394 e. The van der Waals surface area contributed by atoms with Crippen molar-refractivity contribution in [1.82, 2.24) is 5.32 Å². The van der Waals surface area contributed by atoms with Crippen LogP contribution in [-0.2, 0) is 23.7 Å². The fourth-order valence-corrected chi connectivity index (χ4v) is 10.2. The van der Waals surface area contributed by atoms with E-state index in [-0.39, 0.29) is 18.9 Å². The lowest BCUT2D eigenvalue weighted by molar-refractivity contribution is -0.359. The second kappa shape index (κ2) is 53.9. The molecule has 0 bridgehead atoms. The molecule has 0 spiro atoms. The monoisotopic (exact) mass is 1180 g/mol. The van der Waals surface area contributed by atoms with Crippen LogP contribution in [0.15, 0.2) is 109 Å². The Morgan fingerprint density at radius 1 is 0.440 bits per heavy atom. The molecule has 84 heavy (non-hydrogen) atoms. The molecule has 9 N–H and O–H groups in total. The van der Waals surface area contributed by atoms with Gasteiger partial charge in [-0.25, -0.2) is 0 Å². The van der Waals surface area contributed by atoms with Gasteiger partial charge in [-0.2, -0.15) is 0 Å². The smallest absolute Gasteiger partial charge is 0.220 e. The molecule has 2 saturated heterocycles. The number of allylic oxidation sites excluding steroid dienone is 17. The molecular formula is C70H119NO13. The van der Waals surface area contributed by atoms with Crippen molar-refractivity contribution in [3.05, 3.63) is 109 Å². The van der Waals surface area contributed by atoms with E-state index in [0.717, 1.165) is 96.3 Å². The van der Waals surface area contributed by atoms with Crippen LogP contribution in [0.2, 0.25) is 0 Å². The third-order valence-electron chi connectivity index (χ3n) is 15.5. The summed E-state index contributed by atoms with van der Waals surface area (Å²) in [7, 11) is 0. The van der Waals surface area contributed by atoms with Crippen LogP contribution < -0.4 is 5.32 Å². The highest BCUT2D eigenvalue weighted by molar-refractivity contribution is 5.76. The molecule has 14 heteroatoms. The molecule has 12 atom stereocenters. The third kappa shape index (κ3) is 38.0. The van der Waals surface area contributed by atoms with Crippen molar-refractivity contribution in [3.63, 3.8) is 0 Å². The zero-order valence-corrected chi connectivity index (χ0v) is 52.1. The molecule has 2 fully saturated rings. The van der Waals surface area contributed by atoms with E-state index >= 15 is 0 Å². The fourth-order valence-electron chi connectivity index (χ4n) is 10.2. The van der Waals surface area contributed by atoms with Gasteiger partial charge in [-0.1, -0.05) is 252 Å². The van der Waals surface area contributed by atoms with Crippen molar-refractivity contribution in [2.45, 2.75) is 306 Å². The summed E-state index contributed by atoms with van der Waals surface area (Å²) < 4.78 is 22.7.